The van der Waals surface area contributed by atoms with Crippen LogP contribution in [0.2, 0.25) is 0 Å². The first kappa shape index (κ1) is 17.6. The third-order valence-electron chi connectivity index (χ3n) is 4.52. The summed E-state index contributed by atoms with van der Waals surface area (Å²) in [6, 6.07) is 5.78. The molecule has 0 spiro atoms. The lowest BCUT2D eigenvalue weighted by Crippen LogP contribution is -2.40. The lowest BCUT2D eigenvalue weighted by molar-refractivity contribution is 0.0683. The number of benzene rings is 1. The van der Waals surface area contributed by atoms with Crippen molar-refractivity contribution in [1.29, 1.82) is 0 Å². The van der Waals surface area contributed by atoms with E-state index in [2.05, 4.69) is 25.7 Å². The number of hydrogen-bond acceptors (Lipinski definition) is 3. The maximum Gasteiger partial charge on any atom is 0.256 e. The molecule has 2 N–H and O–H groups in total. The summed E-state index contributed by atoms with van der Waals surface area (Å²) in [5, 5.41) is 0. The number of nitrogens with two attached hydrogens (primary N) is 1. The molecule has 2 rings (SSSR count). The van der Waals surface area contributed by atoms with Gasteiger partial charge in [0, 0.05) is 37.6 Å². The minimum atomic E-state index is 0.135. The van der Waals surface area contributed by atoms with Crippen LogP contribution >= 0.6 is 0 Å². The zero-order valence-electron chi connectivity index (χ0n) is 14.8. The Morgan fingerprint density at radius 3 is 2.61 bits per heavy atom. The molecule has 0 aromatic heterocycles. The van der Waals surface area contributed by atoms with Crippen molar-refractivity contribution < 1.29 is 4.79 Å². The fourth-order valence-electron chi connectivity index (χ4n) is 3.44. The van der Waals surface area contributed by atoms with Crippen molar-refractivity contribution in [3.8, 4) is 0 Å². The van der Waals surface area contributed by atoms with Crippen LogP contribution in [0.25, 0.3) is 0 Å². The number of nitrogens with zero attached hydrogens (tertiary/aromatic N) is 2. The standard InChI is InChI=1S/C19H31N3O/c1-4-10-21(11-5-2)18-9-8-16(20)13-17(18)19(23)22-12-6-7-15(3)14-22/h8-9,13,15H,4-7,10-12,14,20H2,1-3H3. The predicted molar refractivity (Wildman–Crippen MR) is 98.0 cm³/mol. The Labute approximate surface area is 140 Å². The summed E-state index contributed by atoms with van der Waals surface area (Å²) in [6.45, 7) is 10.2. The van der Waals surface area contributed by atoms with Crippen LogP contribution in [0.3, 0.4) is 0 Å². The van der Waals surface area contributed by atoms with Crippen LogP contribution in [0, 0.1) is 5.92 Å². The van der Waals surface area contributed by atoms with Crippen molar-refractivity contribution in [3.63, 3.8) is 0 Å². The van der Waals surface area contributed by atoms with E-state index in [1.807, 2.05) is 23.1 Å². The van der Waals surface area contributed by atoms with Gasteiger partial charge in [-0.1, -0.05) is 20.8 Å². The molecule has 1 aromatic rings. The van der Waals surface area contributed by atoms with E-state index in [1.165, 1.54) is 6.42 Å². The predicted octanol–water partition coefficient (Wildman–Crippen LogP) is 3.77. The van der Waals surface area contributed by atoms with Gasteiger partial charge in [-0.25, -0.2) is 0 Å². The van der Waals surface area contributed by atoms with E-state index in [9.17, 15) is 4.79 Å². The van der Waals surface area contributed by atoms with E-state index in [4.69, 9.17) is 5.73 Å². The van der Waals surface area contributed by atoms with Crippen molar-refractivity contribution in [2.24, 2.45) is 5.92 Å². The molecule has 1 aromatic carbocycles. The van der Waals surface area contributed by atoms with Crippen molar-refractivity contribution in [3.05, 3.63) is 23.8 Å². The Kier molecular flexibility index (Phi) is 6.31. The summed E-state index contributed by atoms with van der Waals surface area (Å²) in [7, 11) is 0. The minimum absolute atomic E-state index is 0.135. The number of likely N-dealkylation sites (tertiary alicyclic amines) is 1. The van der Waals surface area contributed by atoms with Gasteiger partial charge in [0.1, 0.15) is 0 Å². The number of carbonyl (C=O) groups is 1. The quantitative estimate of drug-likeness (QED) is 0.813. The van der Waals surface area contributed by atoms with Crippen LogP contribution in [-0.4, -0.2) is 37.0 Å². The second kappa shape index (κ2) is 8.23. The Morgan fingerprint density at radius 1 is 1.30 bits per heavy atom. The smallest absolute Gasteiger partial charge is 0.256 e. The molecule has 0 saturated carbocycles. The highest BCUT2D eigenvalue weighted by Crippen LogP contribution is 2.27. The Bertz CT molecular complexity index is 523. The fraction of sp³-hybridized carbons (Fsp3) is 0.632. The lowest BCUT2D eigenvalue weighted by atomic mass is 9.99. The summed E-state index contributed by atoms with van der Waals surface area (Å²) in [6.07, 6.45) is 4.45. The molecule has 1 atom stereocenters. The van der Waals surface area contributed by atoms with Crippen molar-refractivity contribution in [1.82, 2.24) is 4.90 Å². The molecule has 1 aliphatic heterocycles. The molecular weight excluding hydrogens is 286 g/mol. The molecule has 4 heteroatoms. The highest BCUT2D eigenvalue weighted by Gasteiger charge is 2.25. The SMILES string of the molecule is CCCN(CCC)c1ccc(N)cc1C(=O)N1CCCC(C)C1. The molecule has 1 fully saturated rings. The molecule has 0 bridgehead atoms. The van der Waals surface area contributed by atoms with Crippen LogP contribution in [0.4, 0.5) is 11.4 Å². The number of piperidine rings is 1. The van der Waals surface area contributed by atoms with E-state index in [0.29, 0.717) is 11.6 Å². The van der Waals surface area contributed by atoms with Gasteiger partial charge in [0.05, 0.1) is 5.56 Å². The molecule has 1 aliphatic rings. The zero-order valence-corrected chi connectivity index (χ0v) is 14.8. The second-order valence-corrected chi connectivity index (χ2v) is 6.76. The first-order valence-corrected chi connectivity index (χ1v) is 9.00. The Hall–Kier alpha value is -1.71. The number of rotatable bonds is 6. The van der Waals surface area contributed by atoms with E-state index in [-0.39, 0.29) is 5.91 Å². The molecule has 1 amide bonds. The third-order valence-corrected chi connectivity index (χ3v) is 4.52. The fourth-order valence-corrected chi connectivity index (χ4v) is 3.44. The highest BCUT2D eigenvalue weighted by molar-refractivity contribution is 6.00. The molecule has 1 saturated heterocycles. The summed E-state index contributed by atoms with van der Waals surface area (Å²) in [4.78, 5) is 17.4. The Morgan fingerprint density at radius 2 is 2.00 bits per heavy atom. The van der Waals surface area contributed by atoms with Gasteiger partial charge in [0.25, 0.3) is 5.91 Å². The van der Waals surface area contributed by atoms with E-state index in [1.54, 1.807) is 0 Å². The van der Waals surface area contributed by atoms with Crippen molar-refractivity contribution in [2.75, 3.05) is 36.8 Å². The topological polar surface area (TPSA) is 49.6 Å². The molecule has 0 radical (unpaired) electrons. The zero-order chi connectivity index (χ0) is 16.8. The number of carbonyl (C=O) groups excluding carboxylic acids is 1. The number of anilines is 2. The number of amides is 1. The maximum absolute atomic E-state index is 13.1. The summed E-state index contributed by atoms with van der Waals surface area (Å²) >= 11 is 0. The first-order chi connectivity index (χ1) is 11.1. The molecule has 128 valence electrons. The first-order valence-electron chi connectivity index (χ1n) is 9.00. The average molecular weight is 317 g/mol. The van der Waals surface area contributed by atoms with E-state index < -0.39 is 0 Å². The number of hydrogen-bond donors (Lipinski definition) is 1. The van der Waals surface area contributed by atoms with Gasteiger partial charge in [-0.15, -0.1) is 0 Å². The van der Waals surface area contributed by atoms with Crippen LogP contribution in [0.15, 0.2) is 18.2 Å². The van der Waals surface area contributed by atoms with Crippen LogP contribution in [0.5, 0.6) is 0 Å². The van der Waals surface area contributed by atoms with Gasteiger partial charge < -0.3 is 15.5 Å². The normalized spacial score (nSPS) is 18.0. The van der Waals surface area contributed by atoms with E-state index in [0.717, 1.165) is 56.7 Å². The largest absolute Gasteiger partial charge is 0.399 e. The van der Waals surface area contributed by atoms with Crippen LogP contribution in [0.1, 0.15) is 56.8 Å². The average Bonchev–Trinajstić information content (AvgIpc) is 2.54. The summed E-state index contributed by atoms with van der Waals surface area (Å²) in [5.74, 6) is 0.718. The minimum Gasteiger partial charge on any atom is -0.399 e. The van der Waals surface area contributed by atoms with E-state index >= 15 is 0 Å². The van der Waals surface area contributed by atoms with Crippen LogP contribution < -0.4 is 10.6 Å². The molecule has 23 heavy (non-hydrogen) atoms. The van der Waals surface area contributed by atoms with Gasteiger partial charge >= 0.3 is 0 Å². The lowest BCUT2D eigenvalue weighted by Gasteiger charge is -2.33. The van der Waals surface area contributed by atoms with Gasteiger partial charge in [-0.2, -0.15) is 0 Å². The molecule has 4 nitrogen and oxygen atoms in total. The molecular formula is C19H31N3O. The van der Waals surface area contributed by atoms with Gasteiger partial charge in [0.15, 0.2) is 0 Å². The maximum atomic E-state index is 13.1. The molecule has 1 heterocycles. The molecule has 1 unspecified atom stereocenters. The van der Waals surface area contributed by atoms with Gasteiger partial charge in [-0.3, -0.25) is 4.79 Å². The van der Waals surface area contributed by atoms with Crippen molar-refractivity contribution in [2.45, 2.75) is 46.5 Å². The second-order valence-electron chi connectivity index (χ2n) is 6.76. The van der Waals surface area contributed by atoms with Crippen molar-refractivity contribution >= 4 is 17.3 Å². The molecule has 0 aliphatic carbocycles. The van der Waals surface area contributed by atoms with Gasteiger partial charge in [0.2, 0.25) is 0 Å². The Balaban J connectivity index is 2.31. The third kappa shape index (κ3) is 4.40. The number of nitrogen functional groups attached to an aromatic ring is 1. The monoisotopic (exact) mass is 317 g/mol. The summed E-state index contributed by atoms with van der Waals surface area (Å²) in [5.41, 5.74) is 8.44. The van der Waals surface area contributed by atoms with Gasteiger partial charge in [-0.05, 0) is 49.8 Å². The van der Waals surface area contributed by atoms with Crippen LogP contribution in [-0.2, 0) is 0 Å². The summed E-state index contributed by atoms with van der Waals surface area (Å²) < 4.78 is 0. The highest BCUT2D eigenvalue weighted by atomic mass is 16.2.